The van der Waals surface area contributed by atoms with Crippen LogP contribution < -0.4 is 5.32 Å². The number of methoxy groups -OCH3 is 1. The SMILES string of the molecule is COC(=O)c1sccc1NC(=O)c1c(C)nn(Cc2ccccc2)c1Cl. The fourth-order valence-electron chi connectivity index (χ4n) is 2.52. The molecule has 0 atom stereocenters. The number of nitrogens with one attached hydrogen (secondary N) is 1. The smallest absolute Gasteiger partial charge is 0.350 e. The molecule has 1 aromatic carbocycles. The molecule has 2 heterocycles. The molecular formula is C18H16ClN3O3S. The Hall–Kier alpha value is -2.64. The van der Waals surface area contributed by atoms with Gasteiger partial charge in [0.1, 0.15) is 10.0 Å². The molecule has 1 amide bonds. The summed E-state index contributed by atoms with van der Waals surface area (Å²) in [5.74, 6) is -0.923. The van der Waals surface area contributed by atoms with E-state index in [1.807, 2.05) is 30.3 Å². The van der Waals surface area contributed by atoms with E-state index in [9.17, 15) is 9.59 Å². The van der Waals surface area contributed by atoms with Gasteiger partial charge in [-0.15, -0.1) is 11.3 Å². The van der Waals surface area contributed by atoms with E-state index in [0.29, 0.717) is 22.8 Å². The third-order valence-corrected chi connectivity index (χ3v) is 5.03. The zero-order valence-electron chi connectivity index (χ0n) is 14.2. The topological polar surface area (TPSA) is 73.2 Å². The number of anilines is 1. The van der Waals surface area contributed by atoms with Crippen LogP contribution in [0.15, 0.2) is 41.8 Å². The number of thiophene rings is 1. The van der Waals surface area contributed by atoms with E-state index in [1.165, 1.54) is 18.4 Å². The number of ether oxygens (including phenoxy) is 1. The number of carbonyl (C=O) groups is 2. The summed E-state index contributed by atoms with van der Waals surface area (Å²) in [5.41, 5.74) is 2.20. The van der Waals surface area contributed by atoms with Gasteiger partial charge in [0.25, 0.3) is 5.91 Å². The molecule has 0 spiro atoms. The van der Waals surface area contributed by atoms with Crippen LogP contribution in [0.3, 0.4) is 0 Å². The largest absolute Gasteiger partial charge is 0.465 e. The average Bonchev–Trinajstić information content (AvgIpc) is 3.19. The summed E-state index contributed by atoms with van der Waals surface area (Å²) in [6, 6.07) is 11.4. The van der Waals surface area contributed by atoms with E-state index in [4.69, 9.17) is 16.3 Å². The fraction of sp³-hybridized carbons (Fsp3) is 0.167. The maximum absolute atomic E-state index is 12.7. The van der Waals surface area contributed by atoms with E-state index in [1.54, 1.807) is 23.1 Å². The molecule has 6 nitrogen and oxygen atoms in total. The molecule has 0 unspecified atom stereocenters. The molecule has 3 aromatic rings. The van der Waals surface area contributed by atoms with E-state index in [-0.39, 0.29) is 10.7 Å². The summed E-state index contributed by atoms with van der Waals surface area (Å²) in [7, 11) is 1.29. The van der Waals surface area contributed by atoms with Gasteiger partial charge in [0.15, 0.2) is 0 Å². The first-order chi connectivity index (χ1) is 12.5. The van der Waals surface area contributed by atoms with E-state index in [0.717, 1.165) is 5.56 Å². The van der Waals surface area contributed by atoms with Crippen LogP contribution in [0.2, 0.25) is 5.15 Å². The molecule has 26 heavy (non-hydrogen) atoms. The Morgan fingerprint density at radius 2 is 2.00 bits per heavy atom. The minimum absolute atomic E-state index is 0.249. The number of hydrogen-bond donors (Lipinski definition) is 1. The van der Waals surface area contributed by atoms with Crippen molar-refractivity contribution in [3.05, 3.63) is 68.6 Å². The molecule has 0 bridgehead atoms. The highest BCUT2D eigenvalue weighted by molar-refractivity contribution is 7.12. The van der Waals surface area contributed by atoms with Gasteiger partial charge in [0.2, 0.25) is 0 Å². The maximum atomic E-state index is 12.7. The van der Waals surface area contributed by atoms with Gasteiger partial charge in [0.05, 0.1) is 30.6 Å². The molecule has 8 heteroatoms. The summed E-state index contributed by atoms with van der Waals surface area (Å²) < 4.78 is 6.30. The molecule has 0 fully saturated rings. The second-order valence-electron chi connectivity index (χ2n) is 5.50. The number of amides is 1. The normalized spacial score (nSPS) is 10.6. The summed E-state index contributed by atoms with van der Waals surface area (Å²) in [5, 5.41) is 9.03. The molecule has 3 rings (SSSR count). The lowest BCUT2D eigenvalue weighted by atomic mass is 10.2. The number of esters is 1. The van der Waals surface area contributed by atoms with Crippen molar-refractivity contribution in [1.29, 1.82) is 0 Å². The van der Waals surface area contributed by atoms with E-state index in [2.05, 4.69) is 10.4 Å². The standard InChI is InChI=1S/C18H16ClN3O3S/c1-11-14(16(19)22(21-11)10-12-6-4-3-5-7-12)17(23)20-13-8-9-26-15(13)18(24)25-2/h3-9H,10H2,1-2H3,(H,20,23). The third kappa shape index (κ3) is 3.63. The zero-order valence-corrected chi connectivity index (χ0v) is 15.7. The Kier molecular flexibility index (Phi) is 5.39. The molecule has 2 aromatic heterocycles. The van der Waals surface area contributed by atoms with Gasteiger partial charge >= 0.3 is 5.97 Å². The van der Waals surface area contributed by atoms with Crippen molar-refractivity contribution < 1.29 is 14.3 Å². The number of hydrogen-bond acceptors (Lipinski definition) is 5. The molecule has 0 aliphatic heterocycles. The number of nitrogens with zero attached hydrogens (tertiary/aromatic N) is 2. The van der Waals surface area contributed by atoms with E-state index >= 15 is 0 Å². The van der Waals surface area contributed by atoms with Crippen LogP contribution in [-0.4, -0.2) is 28.8 Å². The van der Waals surface area contributed by atoms with Crippen molar-refractivity contribution in [2.24, 2.45) is 0 Å². The number of halogens is 1. The minimum atomic E-state index is -0.502. The highest BCUT2D eigenvalue weighted by Gasteiger charge is 2.23. The van der Waals surface area contributed by atoms with Crippen molar-refractivity contribution in [3.8, 4) is 0 Å². The average molecular weight is 390 g/mol. The highest BCUT2D eigenvalue weighted by atomic mass is 35.5. The second kappa shape index (κ2) is 7.72. The lowest BCUT2D eigenvalue weighted by Gasteiger charge is -2.06. The highest BCUT2D eigenvalue weighted by Crippen LogP contribution is 2.26. The van der Waals surface area contributed by atoms with Crippen molar-refractivity contribution in [3.63, 3.8) is 0 Å². The first kappa shape index (κ1) is 18.2. The summed E-state index contributed by atoms with van der Waals surface area (Å²) >= 11 is 7.59. The van der Waals surface area contributed by atoms with Crippen molar-refractivity contribution >= 4 is 40.5 Å². The van der Waals surface area contributed by atoms with Gasteiger partial charge in [0, 0.05) is 0 Å². The fourth-order valence-corrected chi connectivity index (χ4v) is 3.60. The van der Waals surface area contributed by atoms with Crippen molar-refractivity contribution in [2.45, 2.75) is 13.5 Å². The van der Waals surface area contributed by atoms with Gasteiger partial charge in [-0.1, -0.05) is 41.9 Å². The van der Waals surface area contributed by atoms with Crippen LogP contribution in [-0.2, 0) is 11.3 Å². The molecule has 0 aliphatic carbocycles. The quantitative estimate of drug-likeness (QED) is 0.669. The summed E-state index contributed by atoms with van der Waals surface area (Å²) in [6.45, 7) is 2.18. The molecule has 0 radical (unpaired) electrons. The lowest BCUT2D eigenvalue weighted by molar-refractivity contribution is 0.0607. The minimum Gasteiger partial charge on any atom is -0.465 e. The molecular weight excluding hydrogens is 374 g/mol. The van der Waals surface area contributed by atoms with Gasteiger partial charge in [-0.2, -0.15) is 5.10 Å². The van der Waals surface area contributed by atoms with Crippen molar-refractivity contribution in [1.82, 2.24) is 9.78 Å². The summed E-state index contributed by atoms with van der Waals surface area (Å²) in [4.78, 5) is 24.8. The molecule has 0 saturated carbocycles. The number of benzene rings is 1. The molecule has 134 valence electrons. The number of aryl methyl sites for hydroxylation is 1. The van der Waals surface area contributed by atoms with Crippen LogP contribution in [0, 0.1) is 6.92 Å². The van der Waals surface area contributed by atoms with E-state index < -0.39 is 11.9 Å². The van der Waals surface area contributed by atoms with Gasteiger partial charge < -0.3 is 10.1 Å². The predicted octanol–water partition coefficient (Wildman–Crippen LogP) is 3.99. The Labute approximate surface area is 159 Å². The Balaban J connectivity index is 1.84. The molecule has 0 aliphatic rings. The van der Waals surface area contributed by atoms with Crippen LogP contribution in [0.5, 0.6) is 0 Å². The van der Waals surface area contributed by atoms with Gasteiger partial charge in [-0.25, -0.2) is 9.48 Å². The predicted molar refractivity (Wildman–Crippen MR) is 101 cm³/mol. The number of rotatable bonds is 5. The molecule has 0 saturated heterocycles. The maximum Gasteiger partial charge on any atom is 0.350 e. The van der Waals surface area contributed by atoms with Crippen LogP contribution >= 0.6 is 22.9 Å². The van der Waals surface area contributed by atoms with Crippen LogP contribution in [0.4, 0.5) is 5.69 Å². The monoisotopic (exact) mass is 389 g/mol. The Morgan fingerprint density at radius 3 is 2.69 bits per heavy atom. The zero-order chi connectivity index (χ0) is 18.7. The Bertz CT molecular complexity index is 950. The van der Waals surface area contributed by atoms with Crippen LogP contribution in [0.1, 0.15) is 31.3 Å². The first-order valence-electron chi connectivity index (χ1n) is 7.75. The number of aromatic nitrogens is 2. The third-order valence-electron chi connectivity index (χ3n) is 3.75. The summed E-state index contributed by atoms with van der Waals surface area (Å²) in [6.07, 6.45) is 0. The number of carbonyl (C=O) groups excluding carboxylic acids is 2. The Morgan fingerprint density at radius 1 is 1.27 bits per heavy atom. The van der Waals surface area contributed by atoms with Gasteiger partial charge in [-0.3, -0.25) is 4.79 Å². The van der Waals surface area contributed by atoms with Crippen molar-refractivity contribution in [2.75, 3.05) is 12.4 Å². The van der Waals surface area contributed by atoms with Gasteiger partial charge in [-0.05, 0) is 23.9 Å². The molecule has 1 N–H and O–H groups in total. The lowest BCUT2D eigenvalue weighted by Crippen LogP contribution is -2.15. The second-order valence-corrected chi connectivity index (χ2v) is 6.78. The van der Waals surface area contributed by atoms with Crippen LogP contribution in [0.25, 0.3) is 0 Å². The first-order valence-corrected chi connectivity index (χ1v) is 9.01.